The highest BCUT2D eigenvalue weighted by atomic mass is 79.9. The van der Waals surface area contributed by atoms with E-state index < -0.39 is 23.9 Å². The second-order valence-electron chi connectivity index (χ2n) is 9.61. The molecule has 0 saturated carbocycles. The largest absolute Gasteiger partial charge is 0.493 e. The molecule has 0 aromatic heterocycles. The molecule has 3 N–H and O–H groups in total. The van der Waals surface area contributed by atoms with Crippen molar-refractivity contribution in [3.8, 4) is 23.0 Å². The summed E-state index contributed by atoms with van der Waals surface area (Å²) in [5, 5.41) is 10.3. The lowest BCUT2D eigenvalue weighted by atomic mass is 9.95. The Bertz CT molecular complexity index is 1720. The van der Waals surface area contributed by atoms with Gasteiger partial charge in [0, 0.05) is 21.3 Å². The number of hydrazone groups is 1. The number of esters is 1. The molecule has 4 rings (SSSR count). The molecule has 15 heteroatoms. The van der Waals surface area contributed by atoms with E-state index in [9.17, 15) is 14.4 Å². The molecule has 0 radical (unpaired) electrons. The van der Waals surface area contributed by atoms with E-state index in [1.165, 1.54) is 27.5 Å². The van der Waals surface area contributed by atoms with Crippen LogP contribution in [-0.2, 0) is 20.9 Å². The number of urea groups is 1. The van der Waals surface area contributed by atoms with Crippen LogP contribution in [0, 0.1) is 0 Å². The Morgan fingerprint density at radius 2 is 1.76 bits per heavy atom. The zero-order valence-electron chi connectivity index (χ0n) is 25.0. The fraction of sp³-hybridized carbons (Fsp3) is 0.226. The number of hydrogen-bond donors (Lipinski definition) is 3. The van der Waals surface area contributed by atoms with E-state index in [2.05, 4.69) is 37.1 Å². The number of nitrogens with one attached hydrogen (secondary N) is 3. The molecule has 1 aliphatic rings. The monoisotopic (exact) mass is 734 g/mol. The summed E-state index contributed by atoms with van der Waals surface area (Å²) in [6.07, 6.45) is 1.43. The number of carbonyl (C=O) groups excluding carboxylic acids is 3. The van der Waals surface area contributed by atoms with Crippen LogP contribution in [0.15, 0.2) is 69.4 Å². The predicted octanol–water partition coefficient (Wildman–Crippen LogP) is 5.68. The maximum atomic E-state index is 12.5. The smallest absolute Gasteiger partial charge is 0.337 e. The van der Waals surface area contributed by atoms with Gasteiger partial charge in [0.25, 0.3) is 5.91 Å². The number of nitrogens with zero attached hydrogens (tertiary/aromatic N) is 1. The van der Waals surface area contributed by atoms with Crippen LogP contribution < -0.4 is 35.0 Å². The fourth-order valence-corrected chi connectivity index (χ4v) is 5.44. The maximum absolute atomic E-state index is 12.5. The van der Waals surface area contributed by atoms with E-state index in [1.54, 1.807) is 55.5 Å². The Hall–Kier alpha value is -4.46. The first-order valence-electron chi connectivity index (χ1n) is 13.5. The Labute approximate surface area is 283 Å². The van der Waals surface area contributed by atoms with E-state index in [0.717, 1.165) is 5.56 Å². The van der Waals surface area contributed by atoms with Gasteiger partial charge in [-0.3, -0.25) is 4.79 Å². The highest BCUT2D eigenvalue weighted by Gasteiger charge is 2.32. The van der Waals surface area contributed by atoms with Gasteiger partial charge in [-0.25, -0.2) is 15.0 Å². The van der Waals surface area contributed by atoms with Gasteiger partial charge in [-0.05, 0) is 70.4 Å². The van der Waals surface area contributed by atoms with E-state index in [0.29, 0.717) is 42.8 Å². The van der Waals surface area contributed by atoms with Crippen molar-refractivity contribution in [3.63, 3.8) is 0 Å². The summed E-state index contributed by atoms with van der Waals surface area (Å²) >= 11 is 15.7. The van der Waals surface area contributed by atoms with Crippen molar-refractivity contribution in [3.05, 3.63) is 91.0 Å². The predicted molar refractivity (Wildman–Crippen MR) is 175 cm³/mol. The van der Waals surface area contributed by atoms with Gasteiger partial charge in [0.15, 0.2) is 29.6 Å². The summed E-state index contributed by atoms with van der Waals surface area (Å²) in [4.78, 5) is 37.0. The topological polar surface area (TPSA) is 146 Å². The zero-order chi connectivity index (χ0) is 33.4. The van der Waals surface area contributed by atoms with Crippen molar-refractivity contribution in [2.45, 2.75) is 19.6 Å². The van der Waals surface area contributed by atoms with Crippen LogP contribution in [-0.4, -0.2) is 52.1 Å². The summed E-state index contributed by atoms with van der Waals surface area (Å²) in [5.74, 6) is 0.292. The summed E-state index contributed by atoms with van der Waals surface area (Å²) in [6, 6.07) is 12.1. The second kappa shape index (κ2) is 15.7. The lowest BCUT2D eigenvalue weighted by Gasteiger charge is -2.28. The number of amides is 3. The van der Waals surface area contributed by atoms with E-state index >= 15 is 0 Å². The molecule has 12 nitrogen and oxygen atoms in total. The number of halogens is 3. The van der Waals surface area contributed by atoms with E-state index in [-0.39, 0.29) is 30.3 Å². The van der Waals surface area contributed by atoms with Crippen molar-refractivity contribution in [2.24, 2.45) is 5.10 Å². The van der Waals surface area contributed by atoms with Crippen molar-refractivity contribution < 1.29 is 38.1 Å². The van der Waals surface area contributed by atoms with Crippen LogP contribution in [0.5, 0.6) is 23.0 Å². The molecule has 3 aromatic carbocycles. The lowest BCUT2D eigenvalue weighted by Crippen LogP contribution is -2.45. The Kier molecular flexibility index (Phi) is 11.7. The molecule has 3 amide bonds. The van der Waals surface area contributed by atoms with Crippen LogP contribution in [0.2, 0.25) is 10.0 Å². The highest BCUT2D eigenvalue weighted by molar-refractivity contribution is 9.10. The summed E-state index contributed by atoms with van der Waals surface area (Å²) in [7, 11) is 4.18. The van der Waals surface area contributed by atoms with Crippen molar-refractivity contribution >= 4 is 63.3 Å². The molecule has 1 aliphatic heterocycles. The maximum Gasteiger partial charge on any atom is 0.337 e. The van der Waals surface area contributed by atoms with E-state index in [1.807, 2.05) is 0 Å². The molecule has 0 bridgehead atoms. The lowest BCUT2D eigenvalue weighted by molar-refractivity contribution is -0.136. The number of ether oxygens (including phenoxy) is 5. The number of benzene rings is 3. The first-order chi connectivity index (χ1) is 22.0. The van der Waals surface area contributed by atoms with Gasteiger partial charge in [-0.15, -0.1) is 0 Å². The number of allylic oxidation sites excluding steroid dienone is 1. The van der Waals surface area contributed by atoms with Crippen molar-refractivity contribution in [2.75, 3.05) is 27.9 Å². The molecule has 0 saturated heterocycles. The van der Waals surface area contributed by atoms with Gasteiger partial charge in [-0.2, -0.15) is 5.10 Å². The quantitative estimate of drug-likeness (QED) is 0.122. The first-order valence-corrected chi connectivity index (χ1v) is 15.0. The van der Waals surface area contributed by atoms with Crippen LogP contribution in [0.4, 0.5) is 4.79 Å². The molecule has 0 unspecified atom stereocenters. The molecule has 0 spiro atoms. The van der Waals surface area contributed by atoms with Gasteiger partial charge < -0.3 is 34.3 Å². The fourth-order valence-electron chi connectivity index (χ4n) is 4.40. The average molecular weight is 736 g/mol. The Morgan fingerprint density at radius 1 is 1.00 bits per heavy atom. The summed E-state index contributed by atoms with van der Waals surface area (Å²) < 4.78 is 28.0. The second-order valence-corrected chi connectivity index (χ2v) is 11.3. The van der Waals surface area contributed by atoms with Gasteiger partial charge in [0.1, 0.15) is 6.61 Å². The molecule has 0 fully saturated rings. The number of rotatable bonds is 12. The third kappa shape index (κ3) is 8.42. The van der Waals surface area contributed by atoms with Crippen LogP contribution in [0.1, 0.15) is 29.7 Å². The van der Waals surface area contributed by atoms with Gasteiger partial charge in [0.2, 0.25) is 0 Å². The third-order valence-electron chi connectivity index (χ3n) is 6.60. The molecule has 1 atom stereocenters. The van der Waals surface area contributed by atoms with Crippen molar-refractivity contribution in [1.82, 2.24) is 16.1 Å². The minimum Gasteiger partial charge on any atom is -0.493 e. The summed E-state index contributed by atoms with van der Waals surface area (Å²) in [6.45, 7) is 1.41. The summed E-state index contributed by atoms with van der Waals surface area (Å²) in [5.41, 5.74) is 4.91. The van der Waals surface area contributed by atoms with Crippen molar-refractivity contribution in [1.29, 1.82) is 0 Å². The number of methoxy groups -OCH3 is 3. The van der Waals surface area contributed by atoms with Crippen LogP contribution >= 0.6 is 39.1 Å². The minimum atomic E-state index is -0.789. The Morgan fingerprint density at radius 3 is 2.46 bits per heavy atom. The van der Waals surface area contributed by atoms with E-state index in [4.69, 9.17) is 46.9 Å². The number of carbonyl (C=O) groups is 3. The Balaban J connectivity index is 1.37. The van der Waals surface area contributed by atoms with Gasteiger partial charge >= 0.3 is 12.0 Å². The number of hydrogen-bond acceptors (Lipinski definition) is 9. The minimum absolute atomic E-state index is 0.182. The molecule has 3 aromatic rings. The van der Waals surface area contributed by atoms with Crippen LogP contribution in [0.3, 0.4) is 0 Å². The molecular formula is C31H29BrCl2N4O8. The molecule has 242 valence electrons. The molecule has 1 heterocycles. The van der Waals surface area contributed by atoms with Crippen LogP contribution in [0.25, 0.3) is 0 Å². The highest BCUT2D eigenvalue weighted by Crippen LogP contribution is 2.38. The standard InChI is InChI=1S/C31H29BrCl2N4O8/c1-16-27(30(40)44-4)28(37-31(41)36-16)18-6-8-23(24(11-18)42-2)45-15-26(39)38-35-13-17-9-21(32)29(25(10-17)43-3)46-14-19-5-7-20(33)12-22(19)34/h5-13,28H,14-15H2,1-4H3,(H,38,39)(H2,36,37,41)/b35-13-/t28-/m0/s1. The molecule has 0 aliphatic carbocycles. The average Bonchev–Trinajstić information content (AvgIpc) is 3.03. The first kappa shape index (κ1) is 34.4. The third-order valence-corrected chi connectivity index (χ3v) is 7.77. The zero-order valence-corrected chi connectivity index (χ0v) is 28.1. The molecule has 46 heavy (non-hydrogen) atoms. The SMILES string of the molecule is COC(=O)C1=C(C)NC(=O)N[C@H]1c1ccc(OCC(=O)N/N=C\c2cc(Br)c(OCc3ccc(Cl)cc3Cl)c(OC)c2)c(OC)c1. The van der Waals surface area contributed by atoms with Gasteiger partial charge in [-0.1, -0.05) is 35.3 Å². The van der Waals surface area contributed by atoms with Gasteiger partial charge in [0.05, 0.1) is 43.6 Å². The molecular weight excluding hydrogens is 707 g/mol. The normalized spacial score (nSPS) is 14.3.